The first-order chi connectivity index (χ1) is 13.1. The summed E-state index contributed by atoms with van der Waals surface area (Å²) in [6, 6.07) is 8.35. The zero-order valence-electron chi connectivity index (χ0n) is 16.2. The molecule has 1 N–H and O–H groups in total. The van der Waals surface area contributed by atoms with Gasteiger partial charge in [-0.25, -0.2) is 4.98 Å². The van der Waals surface area contributed by atoms with Gasteiger partial charge in [0.15, 0.2) is 0 Å². The van der Waals surface area contributed by atoms with Gasteiger partial charge in [-0.15, -0.1) is 0 Å². The zero-order chi connectivity index (χ0) is 18.9. The van der Waals surface area contributed by atoms with Crippen molar-refractivity contribution in [1.82, 2.24) is 19.4 Å². The van der Waals surface area contributed by atoms with Crippen LogP contribution in [-0.4, -0.2) is 63.2 Å². The van der Waals surface area contributed by atoms with Crippen molar-refractivity contribution in [2.45, 2.75) is 45.7 Å². The van der Waals surface area contributed by atoms with Crippen molar-refractivity contribution in [3.63, 3.8) is 0 Å². The van der Waals surface area contributed by atoms with Gasteiger partial charge in [0.05, 0.1) is 24.2 Å². The first-order valence-electron chi connectivity index (χ1n) is 10.2. The van der Waals surface area contributed by atoms with Gasteiger partial charge < -0.3 is 14.6 Å². The summed E-state index contributed by atoms with van der Waals surface area (Å²) in [7, 11) is 0. The number of carbonyl (C=O) groups is 1. The van der Waals surface area contributed by atoms with Gasteiger partial charge in [0.25, 0.3) is 0 Å². The Balaban J connectivity index is 1.51. The number of para-hydroxylation sites is 2. The number of aryl methyl sites for hydroxylation is 1. The second-order valence-electron chi connectivity index (χ2n) is 8.11. The average Bonchev–Trinajstić information content (AvgIpc) is 3.02. The summed E-state index contributed by atoms with van der Waals surface area (Å²) in [5, 5.41) is 9.28. The largest absolute Gasteiger partial charge is 0.395 e. The van der Waals surface area contributed by atoms with Crippen LogP contribution in [-0.2, 0) is 17.9 Å². The van der Waals surface area contributed by atoms with E-state index in [0.717, 1.165) is 56.9 Å². The fourth-order valence-electron chi connectivity index (χ4n) is 5.00. The summed E-state index contributed by atoms with van der Waals surface area (Å²) in [5.74, 6) is 1.33. The van der Waals surface area contributed by atoms with Gasteiger partial charge in [0, 0.05) is 38.0 Å². The molecular formula is C21H30N4O2. The van der Waals surface area contributed by atoms with E-state index in [9.17, 15) is 9.90 Å². The predicted molar refractivity (Wildman–Crippen MR) is 105 cm³/mol. The van der Waals surface area contributed by atoms with Crippen LogP contribution in [0.5, 0.6) is 0 Å². The molecule has 1 aromatic carbocycles. The number of amides is 1. The van der Waals surface area contributed by atoms with E-state index in [1.165, 1.54) is 11.9 Å². The van der Waals surface area contributed by atoms with Crippen LogP contribution in [0.3, 0.4) is 0 Å². The third kappa shape index (κ3) is 3.60. The summed E-state index contributed by atoms with van der Waals surface area (Å²) in [5.41, 5.74) is 2.45. The van der Waals surface area contributed by atoms with Crippen LogP contribution in [0.2, 0.25) is 0 Å². The number of hydrogen-bond acceptors (Lipinski definition) is 4. The summed E-state index contributed by atoms with van der Waals surface area (Å²) >= 11 is 0. The Morgan fingerprint density at radius 1 is 1.22 bits per heavy atom. The van der Waals surface area contributed by atoms with Crippen LogP contribution in [0.4, 0.5) is 0 Å². The molecule has 6 heteroatoms. The molecule has 0 saturated carbocycles. The van der Waals surface area contributed by atoms with Crippen LogP contribution in [0, 0.1) is 5.41 Å². The number of aromatic nitrogens is 2. The van der Waals surface area contributed by atoms with E-state index in [0.29, 0.717) is 13.0 Å². The minimum absolute atomic E-state index is 0.0477. The van der Waals surface area contributed by atoms with E-state index in [-0.39, 0.29) is 17.9 Å². The molecular weight excluding hydrogens is 340 g/mol. The molecule has 0 radical (unpaired) electrons. The fourth-order valence-corrected chi connectivity index (χ4v) is 5.00. The van der Waals surface area contributed by atoms with Crippen molar-refractivity contribution in [3.8, 4) is 0 Å². The van der Waals surface area contributed by atoms with Crippen molar-refractivity contribution in [2.75, 3.05) is 32.8 Å². The van der Waals surface area contributed by atoms with E-state index in [1.54, 1.807) is 0 Å². The maximum Gasteiger partial charge on any atom is 0.222 e. The second-order valence-corrected chi connectivity index (χ2v) is 8.11. The zero-order valence-corrected chi connectivity index (χ0v) is 16.2. The third-order valence-corrected chi connectivity index (χ3v) is 6.27. The Hall–Kier alpha value is -1.92. The SMILES string of the molecule is CCn1c(CN2CCC[C@]3(CCC(=O)N(CCO)C3)C2)nc2ccccc21. The smallest absolute Gasteiger partial charge is 0.222 e. The molecule has 1 amide bonds. The Morgan fingerprint density at radius 3 is 2.89 bits per heavy atom. The minimum Gasteiger partial charge on any atom is -0.395 e. The number of carbonyl (C=O) groups excluding carboxylic acids is 1. The van der Waals surface area contributed by atoms with E-state index >= 15 is 0 Å². The Kier molecular flexibility index (Phi) is 5.19. The summed E-state index contributed by atoms with van der Waals surface area (Å²) < 4.78 is 2.32. The number of likely N-dealkylation sites (tertiary alicyclic amines) is 2. The third-order valence-electron chi connectivity index (χ3n) is 6.27. The Morgan fingerprint density at radius 2 is 2.07 bits per heavy atom. The molecule has 2 fully saturated rings. The number of benzene rings is 1. The fraction of sp³-hybridized carbons (Fsp3) is 0.619. The predicted octanol–water partition coefficient (Wildman–Crippen LogP) is 2.25. The molecule has 2 aliphatic rings. The second kappa shape index (κ2) is 7.60. The summed E-state index contributed by atoms with van der Waals surface area (Å²) in [6.07, 6.45) is 3.91. The van der Waals surface area contributed by atoms with Crippen LogP contribution in [0.15, 0.2) is 24.3 Å². The molecule has 0 unspecified atom stereocenters. The van der Waals surface area contributed by atoms with Gasteiger partial charge in [-0.1, -0.05) is 12.1 Å². The maximum absolute atomic E-state index is 12.2. The number of imidazole rings is 1. The standard InChI is InChI=1S/C21H30N4O2/c1-2-25-18-7-4-3-6-17(18)22-19(25)14-23-11-5-9-21(15-23)10-8-20(27)24(16-21)12-13-26/h3-4,6-7,26H,2,5,8-16H2,1H3/t21-/m0/s1. The molecule has 146 valence electrons. The van der Waals surface area contributed by atoms with Crippen molar-refractivity contribution >= 4 is 16.9 Å². The highest BCUT2D eigenvalue weighted by atomic mass is 16.3. The number of aliphatic hydroxyl groups is 1. The molecule has 2 aliphatic heterocycles. The lowest BCUT2D eigenvalue weighted by Crippen LogP contribution is -2.54. The maximum atomic E-state index is 12.2. The van der Waals surface area contributed by atoms with Crippen LogP contribution < -0.4 is 0 Å². The van der Waals surface area contributed by atoms with Gasteiger partial charge >= 0.3 is 0 Å². The van der Waals surface area contributed by atoms with Gasteiger partial charge in [-0.2, -0.15) is 0 Å². The molecule has 3 heterocycles. The van der Waals surface area contributed by atoms with E-state index in [4.69, 9.17) is 4.98 Å². The monoisotopic (exact) mass is 370 g/mol. The lowest BCUT2D eigenvalue weighted by molar-refractivity contribution is -0.140. The van der Waals surface area contributed by atoms with E-state index < -0.39 is 0 Å². The molecule has 27 heavy (non-hydrogen) atoms. The molecule has 0 aliphatic carbocycles. The van der Waals surface area contributed by atoms with Crippen LogP contribution >= 0.6 is 0 Å². The number of nitrogens with zero attached hydrogens (tertiary/aromatic N) is 4. The van der Waals surface area contributed by atoms with E-state index in [2.05, 4.69) is 34.6 Å². The van der Waals surface area contributed by atoms with Crippen LogP contribution in [0.1, 0.15) is 38.4 Å². The molecule has 0 bridgehead atoms. The Bertz CT molecular complexity index is 818. The van der Waals surface area contributed by atoms with Gasteiger partial charge in [0.2, 0.25) is 5.91 Å². The normalized spacial score (nSPS) is 24.2. The highest BCUT2D eigenvalue weighted by molar-refractivity contribution is 5.77. The quantitative estimate of drug-likeness (QED) is 0.877. The molecule has 2 aromatic rings. The number of aliphatic hydroxyl groups excluding tert-OH is 1. The lowest BCUT2D eigenvalue weighted by Gasteiger charge is -2.48. The first kappa shape index (κ1) is 18.4. The highest BCUT2D eigenvalue weighted by Gasteiger charge is 2.41. The number of β-amino-alcohol motifs (C(OH)–C–C–N with tert-alkyl or cyclic N) is 1. The van der Waals surface area contributed by atoms with Crippen molar-refractivity contribution in [3.05, 3.63) is 30.1 Å². The number of hydrogen-bond donors (Lipinski definition) is 1. The molecule has 1 atom stereocenters. The highest BCUT2D eigenvalue weighted by Crippen LogP contribution is 2.39. The minimum atomic E-state index is 0.0477. The first-order valence-corrected chi connectivity index (χ1v) is 10.2. The van der Waals surface area contributed by atoms with Crippen molar-refractivity contribution < 1.29 is 9.90 Å². The molecule has 6 nitrogen and oxygen atoms in total. The number of rotatable bonds is 5. The van der Waals surface area contributed by atoms with Crippen molar-refractivity contribution in [1.29, 1.82) is 0 Å². The van der Waals surface area contributed by atoms with E-state index in [1.807, 2.05) is 11.0 Å². The molecule has 2 saturated heterocycles. The topological polar surface area (TPSA) is 61.6 Å². The lowest BCUT2D eigenvalue weighted by atomic mass is 9.73. The molecule has 1 spiro atoms. The summed E-state index contributed by atoms with van der Waals surface area (Å²) in [4.78, 5) is 21.4. The van der Waals surface area contributed by atoms with Gasteiger partial charge in [-0.3, -0.25) is 9.69 Å². The summed E-state index contributed by atoms with van der Waals surface area (Å²) in [6.45, 7) is 7.35. The van der Waals surface area contributed by atoms with Gasteiger partial charge in [-0.05, 0) is 44.9 Å². The van der Waals surface area contributed by atoms with Crippen LogP contribution in [0.25, 0.3) is 11.0 Å². The number of piperidine rings is 2. The molecule has 4 rings (SSSR count). The Labute approximate surface area is 160 Å². The molecule has 1 aromatic heterocycles. The number of fused-ring (bicyclic) bond motifs is 1. The van der Waals surface area contributed by atoms with Crippen molar-refractivity contribution in [2.24, 2.45) is 5.41 Å². The van der Waals surface area contributed by atoms with Gasteiger partial charge in [0.1, 0.15) is 5.82 Å². The average molecular weight is 370 g/mol.